The molecule has 2 saturated heterocycles. The van der Waals surface area contributed by atoms with Gasteiger partial charge in [-0.15, -0.1) is 0 Å². The molecule has 0 unspecified atom stereocenters. The minimum absolute atomic E-state index is 0.587. The summed E-state index contributed by atoms with van der Waals surface area (Å²) in [6.45, 7) is 2.13. The van der Waals surface area contributed by atoms with Crippen LogP contribution in [0.5, 0.6) is 5.88 Å². The first-order chi connectivity index (χ1) is 9.35. The van der Waals surface area contributed by atoms with Gasteiger partial charge < -0.3 is 15.0 Å². The molecule has 0 spiro atoms. The molecule has 0 radical (unpaired) electrons. The Hall–Kier alpha value is -1.88. The topological polar surface area (TPSA) is 50.3 Å². The van der Waals surface area contributed by atoms with Crippen LogP contribution < -0.4 is 15.0 Å². The third kappa shape index (κ3) is 1.65. The van der Waals surface area contributed by atoms with Gasteiger partial charge in [-0.25, -0.2) is 4.98 Å². The molecule has 2 fully saturated rings. The Bertz CT molecular complexity index is 630. The predicted octanol–water partition coefficient (Wildman–Crippen LogP) is 1.19. The van der Waals surface area contributed by atoms with Crippen molar-refractivity contribution in [2.45, 2.75) is 18.5 Å². The molecular formula is C14H16N4O. The molecule has 2 aromatic heterocycles. The molecular weight excluding hydrogens is 240 g/mol. The maximum atomic E-state index is 5.23. The van der Waals surface area contributed by atoms with E-state index in [2.05, 4.69) is 26.3 Å². The first-order valence-electron chi connectivity index (χ1n) is 6.65. The van der Waals surface area contributed by atoms with E-state index in [1.165, 1.54) is 12.1 Å². The van der Waals surface area contributed by atoms with E-state index in [1.54, 1.807) is 7.11 Å². The smallest absolute Gasteiger partial charge is 0.213 e. The van der Waals surface area contributed by atoms with Crippen LogP contribution in [0.15, 0.2) is 24.4 Å². The van der Waals surface area contributed by atoms with Gasteiger partial charge in [-0.2, -0.15) is 0 Å². The average molecular weight is 256 g/mol. The quantitative estimate of drug-likeness (QED) is 0.874. The van der Waals surface area contributed by atoms with Crippen LogP contribution in [0.2, 0.25) is 0 Å². The maximum Gasteiger partial charge on any atom is 0.213 e. The van der Waals surface area contributed by atoms with Gasteiger partial charge in [0.2, 0.25) is 5.88 Å². The van der Waals surface area contributed by atoms with Crippen molar-refractivity contribution in [1.82, 2.24) is 15.3 Å². The lowest BCUT2D eigenvalue weighted by Crippen LogP contribution is -2.43. The van der Waals surface area contributed by atoms with Crippen LogP contribution in [0, 0.1) is 0 Å². The van der Waals surface area contributed by atoms with Gasteiger partial charge >= 0.3 is 0 Å². The van der Waals surface area contributed by atoms with E-state index in [4.69, 9.17) is 4.74 Å². The highest BCUT2D eigenvalue weighted by molar-refractivity contribution is 5.88. The predicted molar refractivity (Wildman–Crippen MR) is 73.6 cm³/mol. The molecule has 0 aromatic carbocycles. The zero-order chi connectivity index (χ0) is 12.8. The van der Waals surface area contributed by atoms with Crippen LogP contribution in [-0.2, 0) is 0 Å². The Balaban J connectivity index is 1.84. The Morgan fingerprint density at radius 3 is 3.05 bits per heavy atom. The van der Waals surface area contributed by atoms with Crippen molar-refractivity contribution in [3.8, 4) is 5.88 Å². The summed E-state index contributed by atoms with van der Waals surface area (Å²) in [6.07, 6.45) is 3.10. The number of hydrogen-bond donors (Lipinski definition) is 1. The summed E-state index contributed by atoms with van der Waals surface area (Å²) >= 11 is 0. The van der Waals surface area contributed by atoms with Gasteiger partial charge in [-0.1, -0.05) is 0 Å². The van der Waals surface area contributed by atoms with Crippen LogP contribution >= 0.6 is 0 Å². The molecule has 4 rings (SSSR count). The fourth-order valence-corrected chi connectivity index (χ4v) is 3.19. The Kier molecular flexibility index (Phi) is 2.35. The van der Waals surface area contributed by atoms with Crippen molar-refractivity contribution in [2.24, 2.45) is 0 Å². The summed E-state index contributed by atoms with van der Waals surface area (Å²) in [5.74, 6) is 0.643. The second kappa shape index (κ2) is 4.06. The number of rotatable bonds is 2. The summed E-state index contributed by atoms with van der Waals surface area (Å²) in [4.78, 5) is 11.4. The van der Waals surface area contributed by atoms with E-state index in [0.29, 0.717) is 18.0 Å². The van der Waals surface area contributed by atoms with Gasteiger partial charge in [0.15, 0.2) is 0 Å². The second-order valence-corrected chi connectivity index (χ2v) is 5.20. The molecule has 4 heterocycles. The molecule has 0 amide bonds. The summed E-state index contributed by atoms with van der Waals surface area (Å²) < 4.78 is 5.23. The molecule has 2 aromatic rings. The highest BCUT2D eigenvalue weighted by atomic mass is 16.5. The highest BCUT2D eigenvalue weighted by Crippen LogP contribution is 2.33. The number of methoxy groups -OCH3 is 1. The summed E-state index contributed by atoms with van der Waals surface area (Å²) in [5, 5.41) is 3.52. The lowest BCUT2D eigenvalue weighted by atomic mass is 10.2. The van der Waals surface area contributed by atoms with E-state index < -0.39 is 0 Å². The summed E-state index contributed by atoms with van der Waals surface area (Å²) in [5.41, 5.74) is 3.04. The number of pyridine rings is 2. The third-order valence-corrected chi connectivity index (χ3v) is 4.11. The van der Waals surface area contributed by atoms with Crippen LogP contribution in [0.3, 0.4) is 0 Å². The first-order valence-corrected chi connectivity index (χ1v) is 6.65. The van der Waals surface area contributed by atoms with E-state index >= 15 is 0 Å². The lowest BCUT2D eigenvalue weighted by Gasteiger charge is -2.30. The minimum Gasteiger partial charge on any atom is -0.481 e. The zero-order valence-electron chi connectivity index (χ0n) is 10.8. The number of anilines is 1. The monoisotopic (exact) mass is 256 g/mol. The van der Waals surface area contributed by atoms with Crippen molar-refractivity contribution in [3.05, 3.63) is 24.4 Å². The number of nitrogens with zero attached hydrogens (tertiary/aromatic N) is 3. The van der Waals surface area contributed by atoms with Crippen molar-refractivity contribution in [1.29, 1.82) is 0 Å². The van der Waals surface area contributed by atoms with E-state index in [1.807, 2.05) is 18.3 Å². The fourth-order valence-electron chi connectivity index (χ4n) is 3.19. The molecule has 5 nitrogen and oxygen atoms in total. The zero-order valence-corrected chi connectivity index (χ0v) is 10.8. The van der Waals surface area contributed by atoms with Gasteiger partial charge in [0.25, 0.3) is 0 Å². The normalized spacial score (nSPS) is 25.2. The third-order valence-electron chi connectivity index (χ3n) is 4.11. The number of fused-ring (bicyclic) bond motifs is 3. The van der Waals surface area contributed by atoms with Crippen LogP contribution in [-0.4, -0.2) is 42.3 Å². The molecule has 0 aliphatic carbocycles. The van der Waals surface area contributed by atoms with E-state index in [0.717, 1.165) is 24.1 Å². The van der Waals surface area contributed by atoms with Crippen molar-refractivity contribution in [3.63, 3.8) is 0 Å². The van der Waals surface area contributed by atoms with Crippen LogP contribution in [0.25, 0.3) is 11.0 Å². The fraction of sp³-hybridized carbons (Fsp3) is 0.429. The maximum absolute atomic E-state index is 5.23. The van der Waals surface area contributed by atoms with E-state index in [-0.39, 0.29) is 0 Å². The Morgan fingerprint density at radius 1 is 1.37 bits per heavy atom. The molecule has 2 atom stereocenters. The van der Waals surface area contributed by atoms with Gasteiger partial charge in [-0.05, 0) is 18.6 Å². The summed E-state index contributed by atoms with van der Waals surface area (Å²) in [6, 6.07) is 7.10. The Morgan fingerprint density at radius 2 is 2.32 bits per heavy atom. The number of aromatic nitrogens is 2. The first kappa shape index (κ1) is 11.0. The average Bonchev–Trinajstić information content (AvgIpc) is 3.08. The van der Waals surface area contributed by atoms with Crippen LogP contribution in [0.1, 0.15) is 6.42 Å². The molecule has 19 heavy (non-hydrogen) atoms. The minimum atomic E-state index is 0.587. The molecule has 2 aliphatic heterocycles. The number of nitrogens with one attached hydrogen (secondary N) is 1. The summed E-state index contributed by atoms with van der Waals surface area (Å²) in [7, 11) is 1.64. The largest absolute Gasteiger partial charge is 0.481 e. The van der Waals surface area contributed by atoms with Gasteiger partial charge in [-0.3, -0.25) is 4.98 Å². The van der Waals surface area contributed by atoms with E-state index in [9.17, 15) is 0 Å². The lowest BCUT2D eigenvalue weighted by molar-refractivity contribution is 0.399. The Labute approximate surface area is 111 Å². The molecule has 5 heteroatoms. The molecule has 1 N–H and O–H groups in total. The second-order valence-electron chi connectivity index (χ2n) is 5.20. The van der Waals surface area contributed by atoms with Crippen molar-refractivity contribution < 1.29 is 4.74 Å². The molecule has 98 valence electrons. The van der Waals surface area contributed by atoms with Crippen molar-refractivity contribution >= 4 is 16.7 Å². The molecule has 2 bridgehead atoms. The number of hydrogen-bond acceptors (Lipinski definition) is 5. The van der Waals surface area contributed by atoms with Gasteiger partial charge in [0.1, 0.15) is 5.52 Å². The number of piperazine rings is 1. The van der Waals surface area contributed by atoms with Crippen LogP contribution in [0.4, 0.5) is 5.69 Å². The highest BCUT2D eigenvalue weighted by Gasteiger charge is 2.38. The number of ether oxygens (including phenoxy) is 1. The molecule has 2 aliphatic rings. The van der Waals surface area contributed by atoms with Gasteiger partial charge in [0, 0.05) is 37.4 Å². The van der Waals surface area contributed by atoms with Crippen molar-refractivity contribution in [2.75, 3.05) is 25.1 Å². The standard InChI is InChI=1S/C14H16N4O/c1-19-13-3-2-11-14(17-13)12(4-5-15-11)18-8-9-6-10(18)7-16-9/h2-5,9-10,16H,6-8H2,1H3/t9-,10-/m0/s1. The molecule has 0 saturated carbocycles. The van der Waals surface area contributed by atoms with Gasteiger partial charge in [0.05, 0.1) is 18.3 Å². The SMILES string of the molecule is COc1ccc2nccc(N3C[C@@H]4C[C@H]3CN4)c2n1.